The number of imidazole rings is 1. The molecule has 0 aliphatic heterocycles. The molecule has 1 aromatic carbocycles. The third kappa shape index (κ3) is 4.38. The molecule has 2 N–H and O–H groups in total. The van der Waals surface area contributed by atoms with Crippen LogP contribution in [0.5, 0.6) is 0 Å². The van der Waals surface area contributed by atoms with E-state index in [4.69, 9.17) is 5.73 Å². The third-order valence-corrected chi connectivity index (χ3v) is 5.08. The monoisotopic (exact) mass is 331 g/mol. The second kappa shape index (κ2) is 8.20. The summed E-state index contributed by atoms with van der Waals surface area (Å²) in [5.74, 6) is 0.147. The number of primary amides is 1. The van der Waals surface area contributed by atoms with Crippen molar-refractivity contribution in [2.45, 2.75) is 56.4 Å². The van der Waals surface area contributed by atoms with Gasteiger partial charge >= 0.3 is 0 Å². The predicted octanol–water partition coefficient (Wildman–Crippen LogP) is 4.13. The lowest BCUT2D eigenvalue weighted by molar-refractivity contribution is -0.117. The lowest BCUT2D eigenvalue weighted by Crippen LogP contribution is -2.26. The molecule has 2 rings (SSSR count). The Morgan fingerprint density at radius 3 is 2.74 bits per heavy atom. The van der Waals surface area contributed by atoms with Crippen LogP contribution in [0.1, 0.15) is 51.5 Å². The van der Waals surface area contributed by atoms with Crippen molar-refractivity contribution in [2.24, 2.45) is 5.73 Å². The van der Waals surface area contributed by atoms with Crippen LogP contribution in [0.25, 0.3) is 5.69 Å². The van der Waals surface area contributed by atoms with Gasteiger partial charge in [0.15, 0.2) is 5.16 Å². The SMILES string of the molecule is CCCCC(Sc1nccn1-c1ccccc1C(C)C)C(N)=O. The van der Waals surface area contributed by atoms with Crippen LogP contribution < -0.4 is 5.73 Å². The van der Waals surface area contributed by atoms with Crippen molar-refractivity contribution in [2.75, 3.05) is 0 Å². The minimum atomic E-state index is -0.268. The van der Waals surface area contributed by atoms with E-state index >= 15 is 0 Å². The maximum atomic E-state index is 11.7. The van der Waals surface area contributed by atoms with Crippen LogP contribution in [0.3, 0.4) is 0 Å². The highest BCUT2D eigenvalue weighted by atomic mass is 32.2. The number of nitrogens with zero attached hydrogens (tertiary/aromatic N) is 2. The van der Waals surface area contributed by atoms with E-state index < -0.39 is 0 Å². The largest absolute Gasteiger partial charge is 0.369 e. The molecule has 0 spiro atoms. The fourth-order valence-electron chi connectivity index (χ4n) is 2.53. The van der Waals surface area contributed by atoms with E-state index in [1.807, 2.05) is 12.3 Å². The van der Waals surface area contributed by atoms with Crippen LogP contribution in [0, 0.1) is 0 Å². The molecule has 0 aliphatic carbocycles. The number of rotatable bonds is 8. The summed E-state index contributed by atoms with van der Waals surface area (Å²) < 4.78 is 2.06. The van der Waals surface area contributed by atoms with Crippen molar-refractivity contribution in [1.29, 1.82) is 0 Å². The molecule has 23 heavy (non-hydrogen) atoms. The van der Waals surface area contributed by atoms with Crippen molar-refractivity contribution >= 4 is 17.7 Å². The first-order valence-electron chi connectivity index (χ1n) is 8.13. The van der Waals surface area contributed by atoms with Crippen LogP contribution in [0.4, 0.5) is 0 Å². The molecule has 1 amide bonds. The third-order valence-electron chi connectivity index (χ3n) is 3.81. The summed E-state index contributed by atoms with van der Waals surface area (Å²) in [5, 5.41) is 0.584. The number of benzene rings is 1. The molecule has 5 heteroatoms. The standard InChI is InChI=1S/C18H25N3OS/c1-4-5-10-16(17(19)22)23-18-20-11-12-21(18)15-9-7-6-8-14(15)13(2)3/h6-9,11-13,16H,4-5,10H2,1-3H3,(H2,19,22). The van der Waals surface area contributed by atoms with Gasteiger partial charge in [0.1, 0.15) is 0 Å². The first-order valence-corrected chi connectivity index (χ1v) is 9.01. The topological polar surface area (TPSA) is 60.9 Å². The zero-order chi connectivity index (χ0) is 16.8. The highest BCUT2D eigenvalue weighted by molar-refractivity contribution is 8.00. The van der Waals surface area contributed by atoms with Crippen LogP contribution in [-0.4, -0.2) is 20.7 Å². The Morgan fingerprint density at radius 2 is 2.09 bits per heavy atom. The van der Waals surface area contributed by atoms with Gasteiger partial charge in [-0.3, -0.25) is 9.36 Å². The highest BCUT2D eigenvalue weighted by Crippen LogP contribution is 2.30. The number of carbonyl (C=O) groups is 1. The number of thioether (sulfide) groups is 1. The number of nitrogens with two attached hydrogens (primary N) is 1. The van der Waals surface area contributed by atoms with Crippen molar-refractivity contribution in [3.05, 3.63) is 42.2 Å². The highest BCUT2D eigenvalue weighted by Gasteiger charge is 2.20. The molecule has 0 radical (unpaired) electrons. The average molecular weight is 331 g/mol. The van der Waals surface area contributed by atoms with Crippen LogP contribution in [-0.2, 0) is 4.79 Å². The molecular weight excluding hydrogens is 306 g/mol. The number of aromatic nitrogens is 2. The number of amides is 1. The molecule has 0 saturated heterocycles. The minimum Gasteiger partial charge on any atom is -0.369 e. The van der Waals surface area contributed by atoms with Gasteiger partial charge in [-0.2, -0.15) is 0 Å². The molecule has 2 aromatic rings. The molecular formula is C18H25N3OS. The lowest BCUT2D eigenvalue weighted by Gasteiger charge is -2.17. The van der Waals surface area contributed by atoms with Crippen LogP contribution >= 0.6 is 11.8 Å². The van der Waals surface area contributed by atoms with E-state index in [0.717, 1.165) is 30.1 Å². The summed E-state index contributed by atoms with van der Waals surface area (Å²) >= 11 is 1.46. The van der Waals surface area contributed by atoms with Gasteiger partial charge < -0.3 is 5.73 Å². The van der Waals surface area contributed by atoms with Gasteiger partial charge in [0.25, 0.3) is 0 Å². The van der Waals surface area contributed by atoms with Gasteiger partial charge in [0.2, 0.25) is 5.91 Å². The first-order chi connectivity index (χ1) is 11.0. The minimum absolute atomic E-state index is 0.234. The van der Waals surface area contributed by atoms with Crippen LogP contribution in [0.15, 0.2) is 41.8 Å². The smallest absolute Gasteiger partial charge is 0.231 e. The Morgan fingerprint density at radius 1 is 1.35 bits per heavy atom. The molecule has 1 heterocycles. The Balaban J connectivity index is 2.31. The second-order valence-corrected chi connectivity index (χ2v) is 7.11. The van der Waals surface area contributed by atoms with Gasteiger partial charge in [-0.1, -0.05) is 63.6 Å². The second-order valence-electron chi connectivity index (χ2n) is 5.94. The Bertz CT molecular complexity index is 651. The zero-order valence-electron chi connectivity index (χ0n) is 14.0. The number of hydrogen-bond donors (Lipinski definition) is 1. The molecule has 0 fully saturated rings. The number of hydrogen-bond acceptors (Lipinski definition) is 3. The number of unbranched alkanes of at least 4 members (excludes halogenated alkanes) is 1. The summed E-state index contributed by atoms with van der Waals surface area (Å²) in [5.41, 5.74) is 7.94. The molecule has 4 nitrogen and oxygen atoms in total. The molecule has 1 atom stereocenters. The molecule has 0 aliphatic rings. The van der Waals surface area contributed by atoms with Gasteiger partial charge in [0, 0.05) is 12.4 Å². The van der Waals surface area contributed by atoms with E-state index in [1.54, 1.807) is 6.20 Å². The Hall–Kier alpha value is -1.75. The van der Waals surface area contributed by atoms with Crippen LogP contribution in [0.2, 0.25) is 0 Å². The normalized spacial score (nSPS) is 12.5. The van der Waals surface area contributed by atoms with Crippen molar-refractivity contribution in [1.82, 2.24) is 9.55 Å². The van der Waals surface area contributed by atoms with E-state index in [9.17, 15) is 4.79 Å². The quantitative estimate of drug-likeness (QED) is 0.740. The fraction of sp³-hybridized carbons (Fsp3) is 0.444. The number of carbonyl (C=O) groups excluding carboxylic acids is 1. The van der Waals surface area contributed by atoms with E-state index in [-0.39, 0.29) is 11.2 Å². The Labute approximate surface area is 142 Å². The van der Waals surface area contributed by atoms with E-state index in [1.165, 1.54) is 17.3 Å². The summed E-state index contributed by atoms with van der Waals surface area (Å²) in [4.78, 5) is 16.2. The molecule has 1 aromatic heterocycles. The average Bonchev–Trinajstić information content (AvgIpc) is 2.99. The van der Waals surface area contributed by atoms with Crippen molar-refractivity contribution in [3.63, 3.8) is 0 Å². The summed E-state index contributed by atoms with van der Waals surface area (Å²) in [7, 11) is 0. The molecule has 124 valence electrons. The van der Waals surface area contributed by atoms with E-state index in [0.29, 0.717) is 5.92 Å². The summed E-state index contributed by atoms with van der Waals surface area (Å²) in [6.45, 7) is 6.47. The molecule has 0 saturated carbocycles. The van der Waals surface area contributed by atoms with Crippen molar-refractivity contribution in [3.8, 4) is 5.69 Å². The first kappa shape index (κ1) is 17.6. The number of para-hydroxylation sites is 1. The zero-order valence-corrected chi connectivity index (χ0v) is 14.8. The predicted molar refractivity (Wildman–Crippen MR) is 96.0 cm³/mol. The van der Waals surface area contributed by atoms with E-state index in [2.05, 4.69) is 48.5 Å². The van der Waals surface area contributed by atoms with Gasteiger partial charge in [-0.15, -0.1) is 0 Å². The summed E-state index contributed by atoms with van der Waals surface area (Å²) in [6, 6.07) is 8.30. The fourth-order valence-corrected chi connectivity index (χ4v) is 3.58. The van der Waals surface area contributed by atoms with Crippen molar-refractivity contribution < 1.29 is 4.79 Å². The maximum absolute atomic E-state index is 11.7. The lowest BCUT2D eigenvalue weighted by atomic mass is 10.0. The van der Waals surface area contributed by atoms with Gasteiger partial charge in [0.05, 0.1) is 10.9 Å². The molecule has 0 bridgehead atoms. The Kier molecular flexibility index (Phi) is 6.28. The van der Waals surface area contributed by atoms with Gasteiger partial charge in [-0.25, -0.2) is 4.98 Å². The van der Waals surface area contributed by atoms with Gasteiger partial charge in [-0.05, 0) is 24.0 Å². The maximum Gasteiger partial charge on any atom is 0.231 e. The summed E-state index contributed by atoms with van der Waals surface area (Å²) in [6.07, 6.45) is 6.55. The molecule has 1 unspecified atom stereocenters.